The van der Waals surface area contributed by atoms with Crippen molar-refractivity contribution < 1.29 is 80.2 Å². The second-order valence-electron chi connectivity index (χ2n) is 33.5. The SMILES string of the molecule is CCCCCCCCCCCCCCCCCCCCCCC(=O)OC[C@H](COP(=O)(O)OC[C@@H](O)COP(=O)(O)OC[C@@H](COC(=O)CCCCCCCCCCCCCCC)OC(=O)CCCCCCCCCCCCCCCCCC(C)C)OC(=O)CCCCCCCCCCCCCCCCCCCCCC. The van der Waals surface area contributed by atoms with E-state index in [1.54, 1.807) is 0 Å². The van der Waals surface area contributed by atoms with Crippen LogP contribution in [0.25, 0.3) is 0 Å². The van der Waals surface area contributed by atoms with Crippen LogP contribution in [0.1, 0.15) is 503 Å². The summed E-state index contributed by atoms with van der Waals surface area (Å²) in [6.07, 6.45) is 80.6. The predicted octanol–water partition coefficient (Wildman–Crippen LogP) is 28.7. The molecule has 0 saturated carbocycles. The lowest BCUT2D eigenvalue weighted by atomic mass is 10.0. The molecular formula is C92H180O17P2. The number of hydrogen-bond donors (Lipinski definition) is 3. The highest BCUT2D eigenvalue weighted by molar-refractivity contribution is 7.47. The van der Waals surface area contributed by atoms with Gasteiger partial charge in [0.05, 0.1) is 26.4 Å². The van der Waals surface area contributed by atoms with Crippen molar-refractivity contribution in [1.82, 2.24) is 0 Å². The Morgan fingerprint density at radius 3 is 0.613 bits per heavy atom. The van der Waals surface area contributed by atoms with Crippen molar-refractivity contribution in [3.8, 4) is 0 Å². The lowest BCUT2D eigenvalue weighted by Gasteiger charge is -2.21. The van der Waals surface area contributed by atoms with Gasteiger partial charge in [0.25, 0.3) is 0 Å². The van der Waals surface area contributed by atoms with Gasteiger partial charge in [-0.15, -0.1) is 0 Å². The number of unbranched alkanes of at least 4 members (excludes halogenated alkanes) is 64. The van der Waals surface area contributed by atoms with E-state index in [0.29, 0.717) is 25.7 Å². The number of phosphoric ester groups is 2. The van der Waals surface area contributed by atoms with E-state index in [2.05, 4.69) is 34.6 Å². The van der Waals surface area contributed by atoms with Gasteiger partial charge in [0.15, 0.2) is 12.2 Å². The minimum atomic E-state index is -4.97. The monoisotopic (exact) mass is 1620 g/mol. The first-order valence-corrected chi connectivity index (χ1v) is 50.6. The van der Waals surface area contributed by atoms with Gasteiger partial charge in [0.1, 0.15) is 19.3 Å². The third-order valence-electron chi connectivity index (χ3n) is 21.8. The second kappa shape index (κ2) is 84.5. The highest BCUT2D eigenvalue weighted by atomic mass is 31.2. The van der Waals surface area contributed by atoms with Gasteiger partial charge in [0, 0.05) is 25.7 Å². The molecule has 17 nitrogen and oxygen atoms in total. The fraction of sp³-hybridized carbons (Fsp3) is 0.957. The van der Waals surface area contributed by atoms with Crippen LogP contribution in [0.3, 0.4) is 0 Å². The summed E-state index contributed by atoms with van der Waals surface area (Å²) in [5.41, 5.74) is 0. The number of aliphatic hydroxyl groups excluding tert-OH is 1. The van der Waals surface area contributed by atoms with Crippen molar-refractivity contribution in [3.63, 3.8) is 0 Å². The summed E-state index contributed by atoms with van der Waals surface area (Å²) in [5.74, 6) is -1.29. The Morgan fingerprint density at radius 2 is 0.414 bits per heavy atom. The maximum Gasteiger partial charge on any atom is 0.472 e. The summed E-state index contributed by atoms with van der Waals surface area (Å²) in [6.45, 7) is 7.43. The number of rotatable bonds is 92. The van der Waals surface area contributed by atoms with Gasteiger partial charge in [-0.05, 0) is 31.6 Å². The van der Waals surface area contributed by atoms with Crippen LogP contribution in [0.4, 0.5) is 0 Å². The Kier molecular flexibility index (Phi) is 83.0. The zero-order chi connectivity index (χ0) is 81.1. The molecule has 0 aromatic heterocycles. The molecule has 0 aliphatic carbocycles. The van der Waals surface area contributed by atoms with E-state index in [1.807, 2.05) is 0 Å². The predicted molar refractivity (Wildman–Crippen MR) is 460 cm³/mol. The first-order chi connectivity index (χ1) is 54.0. The van der Waals surface area contributed by atoms with E-state index in [1.165, 1.54) is 327 Å². The average Bonchev–Trinajstić information content (AvgIpc) is 0.899. The van der Waals surface area contributed by atoms with Crippen molar-refractivity contribution in [2.24, 2.45) is 5.92 Å². The molecule has 0 aliphatic heterocycles. The lowest BCUT2D eigenvalue weighted by molar-refractivity contribution is -0.161. The normalized spacial score (nSPS) is 13.7. The van der Waals surface area contributed by atoms with Crippen LogP contribution in [0.2, 0.25) is 0 Å². The van der Waals surface area contributed by atoms with Crippen molar-refractivity contribution in [2.45, 2.75) is 522 Å². The quantitative estimate of drug-likeness (QED) is 0.0222. The Labute approximate surface area is 683 Å². The molecule has 0 amide bonds. The maximum absolute atomic E-state index is 13.2. The molecule has 0 saturated heterocycles. The van der Waals surface area contributed by atoms with Crippen molar-refractivity contribution >= 4 is 39.5 Å². The highest BCUT2D eigenvalue weighted by Gasteiger charge is 2.31. The number of carbonyl (C=O) groups is 4. The molecule has 0 spiro atoms. The number of phosphoric acid groups is 2. The Hall–Kier alpha value is -1.94. The zero-order valence-electron chi connectivity index (χ0n) is 73.1. The first-order valence-electron chi connectivity index (χ1n) is 47.6. The zero-order valence-corrected chi connectivity index (χ0v) is 74.9. The lowest BCUT2D eigenvalue weighted by Crippen LogP contribution is -2.30. The molecule has 0 aromatic rings. The van der Waals surface area contributed by atoms with E-state index in [4.69, 9.17) is 37.0 Å². The van der Waals surface area contributed by atoms with E-state index < -0.39 is 97.5 Å². The molecule has 0 bridgehead atoms. The Bertz CT molecular complexity index is 2100. The number of esters is 4. The van der Waals surface area contributed by atoms with Gasteiger partial charge in [-0.25, -0.2) is 9.13 Å². The molecule has 0 fully saturated rings. The maximum atomic E-state index is 13.2. The van der Waals surface area contributed by atoms with Crippen LogP contribution in [-0.2, 0) is 65.4 Å². The van der Waals surface area contributed by atoms with Crippen molar-refractivity contribution in [3.05, 3.63) is 0 Å². The first kappa shape index (κ1) is 109. The summed E-state index contributed by atoms with van der Waals surface area (Å²) >= 11 is 0. The molecule has 5 atom stereocenters. The van der Waals surface area contributed by atoms with Crippen molar-refractivity contribution in [2.75, 3.05) is 39.6 Å². The van der Waals surface area contributed by atoms with Crippen LogP contribution in [0.5, 0.6) is 0 Å². The third-order valence-corrected chi connectivity index (χ3v) is 23.7. The van der Waals surface area contributed by atoms with Crippen LogP contribution in [-0.4, -0.2) is 96.7 Å². The Morgan fingerprint density at radius 1 is 0.243 bits per heavy atom. The Balaban J connectivity index is 5.25. The number of aliphatic hydroxyl groups is 1. The molecule has 3 N–H and O–H groups in total. The van der Waals surface area contributed by atoms with Gasteiger partial charge < -0.3 is 33.8 Å². The van der Waals surface area contributed by atoms with Gasteiger partial charge in [-0.2, -0.15) is 0 Å². The smallest absolute Gasteiger partial charge is 0.462 e. The fourth-order valence-electron chi connectivity index (χ4n) is 14.5. The van der Waals surface area contributed by atoms with Gasteiger partial charge in [0.2, 0.25) is 0 Å². The number of hydrogen-bond acceptors (Lipinski definition) is 15. The second-order valence-corrected chi connectivity index (χ2v) is 36.4. The number of ether oxygens (including phenoxy) is 4. The van der Waals surface area contributed by atoms with Gasteiger partial charge in [-0.3, -0.25) is 37.3 Å². The molecule has 19 heteroatoms. The summed E-state index contributed by atoms with van der Waals surface area (Å²) in [5, 5.41) is 10.7. The molecule has 0 aliphatic rings. The van der Waals surface area contributed by atoms with Crippen molar-refractivity contribution in [1.29, 1.82) is 0 Å². The molecule has 0 heterocycles. The summed E-state index contributed by atoms with van der Waals surface area (Å²) in [6, 6.07) is 0. The molecular weight excluding hydrogens is 1440 g/mol. The highest BCUT2D eigenvalue weighted by Crippen LogP contribution is 2.45. The van der Waals surface area contributed by atoms with Crippen LogP contribution < -0.4 is 0 Å². The fourth-order valence-corrected chi connectivity index (χ4v) is 16.1. The van der Waals surface area contributed by atoms with E-state index >= 15 is 0 Å². The molecule has 0 radical (unpaired) electrons. The minimum Gasteiger partial charge on any atom is -0.462 e. The summed E-state index contributed by atoms with van der Waals surface area (Å²) < 4.78 is 69.1. The minimum absolute atomic E-state index is 0.109. The largest absolute Gasteiger partial charge is 0.472 e. The number of carbonyl (C=O) groups excluding carboxylic acids is 4. The molecule has 111 heavy (non-hydrogen) atoms. The molecule has 2 unspecified atom stereocenters. The van der Waals surface area contributed by atoms with Crippen LogP contribution in [0.15, 0.2) is 0 Å². The molecule has 0 rings (SSSR count). The van der Waals surface area contributed by atoms with E-state index in [0.717, 1.165) is 95.8 Å². The van der Waals surface area contributed by atoms with E-state index in [9.17, 15) is 43.2 Å². The third kappa shape index (κ3) is 85.8. The summed E-state index contributed by atoms with van der Waals surface area (Å²) in [7, 11) is -9.94. The topological polar surface area (TPSA) is 237 Å². The molecule has 660 valence electrons. The molecule has 0 aromatic carbocycles. The summed E-state index contributed by atoms with van der Waals surface area (Å²) in [4.78, 5) is 73.5. The van der Waals surface area contributed by atoms with Gasteiger partial charge in [-0.1, -0.05) is 452 Å². The average molecular weight is 1620 g/mol. The standard InChI is InChI=1S/C92H180O17P2/c1-6-9-12-15-18-21-24-27-29-31-33-35-37-41-46-51-56-61-66-71-76-90(95)103-82-88(109-91(96)77-72-67-62-57-52-47-42-38-36-34-32-30-28-25-22-19-16-13-10-7-2)84-107-111(100,101)105-80-86(93)79-104-110(98,99)106-83-87(81-102-89(94)75-70-65-60-55-50-44-26-23-20-17-14-11-8-3)108-92(97)78-73-68-63-58-53-48-43-39-40-45-49-54-59-64-69-74-85(4)5/h85-88,93H,6-84H2,1-5H3,(H,98,99)(H,100,101)/t86-,87+,88+/m0/s1. The van der Waals surface area contributed by atoms with Gasteiger partial charge >= 0.3 is 39.5 Å². The van der Waals surface area contributed by atoms with Crippen LogP contribution in [0, 0.1) is 5.92 Å². The van der Waals surface area contributed by atoms with Crippen LogP contribution >= 0.6 is 15.6 Å². The van der Waals surface area contributed by atoms with E-state index in [-0.39, 0.29) is 25.7 Å².